The van der Waals surface area contributed by atoms with Crippen molar-refractivity contribution in [1.29, 1.82) is 0 Å². The van der Waals surface area contributed by atoms with Crippen LogP contribution >= 0.6 is 0 Å². The zero-order valence-electron chi connectivity index (χ0n) is 24.1. The molecule has 3 aromatic heterocycles. The number of alkyl halides is 3. The van der Waals surface area contributed by atoms with E-state index in [-0.39, 0.29) is 28.6 Å². The standard InChI is InChI=1S/C27H28F3N7O6S/c1-15-9-22(27(28,29)30)35-37(15)23-21(14-32-26(34-23)33-18-10-19(41-3)12-20(11-18)42-4)16(2)25(43-5)44(39,40)36-24(38)17-7-6-8-31-13-17/h6-14,16,25H,1-5H3,(H,36,38)(H,32,33,34). The van der Waals surface area contributed by atoms with E-state index in [0.29, 0.717) is 17.2 Å². The summed E-state index contributed by atoms with van der Waals surface area (Å²) in [4.78, 5) is 25.1. The van der Waals surface area contributed by atoms with Gasteiger partial charge in [0.2, 0.25) is 5.95 Å². The molecule has 0 radical (unpaired) electrons. The van der Waals surface area contributed by atoms with Crippen LogP contribution in [0.2, 0.25) is 0 Å². The molecule has 1 amide bonds. The van der Waals surface area contributed by atoms with Crippen molar-refractivity contribution in [2.24, 2.45) is 0 Å². The number of halogens is 3. The normalized spacial score (nSPS) is 13.2. The number of rotatable bonds is 11. The molecule has 0 aliphatic carbocycles. The Balaban J connectivity index is 1.78. The van der Waals surface area contributed by atoms with Crippen molar-refractivity contribution >= 4 is 27.6 Å². The average molecular weight is 636 g/mol. The highest BCUT2D eigenvalue weighted by Crippen LogP contribution is 2.34. The third kappa shape index (κ3) is 7.05. The molecule has 4 rings (SSSR count). The zero-order valence-corrected chi connectivity index (χ0v) is 24.9. The first-order valence-electron chi connectivity index (χ1n) is 12.8. The SMILES string of the molecule is COc1cc(Nc2ncc(C(C)C(OC)S(=O)(=O)NC(=O)c3cccnc3)c(-n3nc(C(F)(F)F)cc3C)n2)cc(OC)c1. The van der Waals surface area contributed by atoms with Crippen LogP contribution in [-0.4, -0.2) is 65.8 Å². The Labute approximate surface area is 250 Å². The predicted molar refractivity (Wildman–Crippen MR) is 152 cm³/mol. The first-order chi connectivity index (χ1) is 20.8. The summed E-state index contributed by atoms with van der Waals surface area (Å²) >= 11 is 0. The summed E-state index contributed by atoms with van der Waals surface area (Å²) in [6, 6.07) is 8.52. The molecular weight excluding hydrogens is 607 g/mol. The molecule has 44 heavy (non-hydrogen) atoms. The number of anilines is 2. The Morgan fingerprint density at radius 3 is 2.27 bits per heavy atom. The van der Waals surface area contributed by atoms with Gasteiger partial charge < -0.3 is 19.5 Å². The quantitative estimate of drug-likeness (QED) is 0.245. The van der Waals surface area contributed by atoms with Crippen molar-refractivity contribution in [3.8, 4) is 17.3 Å². The first kappa shape index (κ1) is 32.2. The lowest BCUT2D eigenvalue weighted by atomic mass is 10.0. The van der Waals surface area contributed by atoms with E-state index in [1.54, 1.807) is 18.2 Å². The van der Waals surface area contributed by atoms with Crippen LogP contribution < -0.4 is 19.5 Å². The van der Waals surface area contributed by atoms with E-state index < -0.39 is 39.2 Å². The molecule has 0 aliphatic heterocycles. The fourth-order valence-corrected chi connectivity index (χ4v) is 5.69. The van der Waals surface area contributed by atoms with E-state index in [4.69, 9.17) is 14.2 Å². The lowest BCUT2D eigenvalue weighted by molar-refractivity contribution is -0.141. The van der Waals surface area contributed by atoms with Gasteiger partial charge in [-0.15, -0.1) is 0 Å². The molecule has 0 fully saturated rings. The number of carbonyl (C=O) groups is 1. The van der Waals surface area contributed by atoms with Gasteiger partial charge in [0, 0.05) is 66.8 Å². The van der Waals surface area contributed by atoms with Gasteiger partial charge in [0.15, 0.2) is 16.9 Å². The topological polar surface area (TPSA) is 159 Å². The van der Waals surface area contributed by atoms with Crippen LogP contribution in [0.5, 0.6) is 11.5 Å². The van der Waals surface area contributed by atoms with E-state index in [9.17, 15) is 26.4 Å². The minimum atomic E-state index is -4.76. The zero-order chi connectivity index (χ0) is 32.2. The Morgan fingerprint density at radius 2 is 1.73 bits per heavy atom. The van der Waals surface area contributed by atoms with E-state index in [1.165, 1.54) is 58.8 Å². The molecule has 0 bridgehead atoms. The van der Waals surface area contributed by atoms with Gasteiger partial charge in [-0.05, 0) is 25.1 Å². The van der Waals surface area contributed by atoms with Crippen molar-refractivity contribution < 1.29 is 40.6 Å². The number of hydrogen-bond acceptors (Lipinski definition) is 11. The molecule has 2 atom stereocenters. The fraction of sp³-hybridized carbons (Fsp3) is 0.296. The lowest BCUT2D eigenvalue weighted by Crippen LogP contribution is -2.42. The van der Waals surface area contributed by atoms with Gasteiger partial charge in [0.05, 0.1) is 19.8 Å². The van der Waals surface area contributed by atoms with Gasteiger partial charge in [-0.25, -0.2) is 22.8 Å². The van der Waals surface area contributed by atoms with Crippen molar-refractivity contribution in [3.63, 3.8) is 0 Å². The summed E-state index contributed by atoms with van der Waals surface area (Å²) in [6.07, 6.45) is -0.921. The summed E-state index contributed by atoms with van der Waals surface area (Å²) < 4.78 is 86.1. The highest BCUT2D eigenvalue weighted by Gasteiger charge is 2.38. The maximum absolute atomic E-state index is 13.6. The number of carbonyl (C=O) groups excluding carboxylic acids is 1. The van der Waals surface area contributed by atoms with E-state index in [2.05, 4.69) is 25.4 Å². The number of aryl methyl sites for hydroxylation is 1. The highest BCUT2D eigenvalue weighted by atomic mass is 32.2. The van der Waals surface area contributed by atoms with Crippen LogP contribution in [-0.2, 0) is 20.9 Å². The molecule has 17 heteroatoms. The Bertz CT molecular complexity index is 1730. The molecule has 234 valence electrons. The Morgan fingerprint density at radius 1 is 1.05 bits per heavy atom. The number of benzene rings is 1. The second kappa shape index (κ2) is 12.8. The lowest BCUT2D eigenvalue weighted by Gasteiger charge is -2.25. The Hall–Kier alpha value is -4.77. The van der Waals surface area contributed by atoms with Crippen molar-refractivity contribution in [3.05, 3.63) is 77.5 Å². The van der Waals surface area contributed by atoms with Crippen LogP contribution in [0.4, 0.5) is 24.8 Å². The number of methoxy groups -OCH3 is 3. The van der Waals surface area contributed by atoms with Crippen LogP contribution in [0.25, 0.3) is 5.82 Å². The second-order valence-corrected chi connectivity index (χ2v) is 11.1. The summed E-state index contributed by atoms with van der Waals surface area (Å²) in [5, 5.41) is 6.65. The van der Waals surface area contributed by atoms with Gasteiger partial charge in [0.1, 0.15) is 11.5 Å². The largest absolute Gasteiger partial charge is 0.497 e. The number of pyridine rings is 1. The molecule has 2 N–H and O–H groups in total. The van der Waals surface area contributed by atoms with Crippen LogP contribution in [0.1, 0.15) is 40.2 Å². The number of sulfonamides is 1. The van der Waals surface area contributed by atoms with Crippen LogP contribution in [0, 0.1) is 6.92 Å². The maximum Gasteiger partial charge on any atom is 0.435 e. The molecule has 2 unspecified atom stereocenters. The summed E-state index contributed by atoms with van der Waals surface area (Å²) in [7, 11) is -0.493. The molecule has 13 nitrogen and oxygen atoms in total. The number of amides is 1. The Kier molecular flexibility index (Phi) is 9.39. The molecule has 0 spiro atoms. The highest BCUT2D eigenvalue weighted by molar-refractivity contribution is 7.90. The van der Waals surface area contributed by atoms with E-state index >= 15 is 0 Å². The second-order valence-electron chi connectivity index (χ2n) is 9.39. The smallest absolute Gasteiger partial charge is 0.435 e. The first-order valence-corrected chi connectivity index (χ1v) is 14.3. The molecular formula is C27H28F3N7O6S. The van der Waals surface area contributed by atoms with Gasteiger partial charge in [-0.3, -0.25) is 9.78 Å². The maximum atomic E-state index is 13.6. The van der Waals surface area contributed by atoms with E-state index in [0.717, 1.165) is 17.9 Å². The summed E-state index contributed by atoms with van der Waals surface area (Å²) in [5.41, 5.74) is -2.36. The summed E-state index contributed by atoms with van der Waals surface area (Å²) in [5.74, 6) is -1.41. The molecule has 1 aromatic carbocycles. The van der Waals surface area contributed by atoms with Gasteiger partial charge in [-0.1, -0.05) is 6.92 Å². The predicted octanol–water partition coefficient (Wildman–Crippen LogP) is 3.98. The van der Waals surface area contributed by atoms with Crippen molar-refractivity contribution in [2.75, 3.05) is 26.6 Å². The van der Waals surface area contributed by atoms with Crippen LogP contribution in [0.15, 0.2) is 55.0 Å². The number of nitrogens with zero attached hydrogens (tertiary/aromatic N) is 5. The molecule has 0 aliphatic rings. The summed E-state index contributed by atoms with van der Waals surface area (Å²) in [6.45, 7) is 2.82. The molecule has 3 heterocycles. The molecule has 0 saturated carbocycles. The van der Waals surface area contributed by atoms with Gasteiger partial charge >= 0.3 is 6.18 Å². The fourth-order valence-electron chi connectivity index (χ4n) is 4.26. The number of ether oxygens (including phenoxy) is 3. The molecule has 0 saturated heterocycles. The average Bonchev–Trinajstić information content (AvgIpc) is 3.39. The van der Waals surface area contributed by atoms with Crippen molar-refractivity contribution in [2.45, 2.75) is 31.4 Å². The van der Waals surface area contributed by atoms with Gasteiger partial charge in [-0.2, -0.15) is 23.3 Å². The monoisotopic (exact) mass is 635 g/mol. The van der Waals surface area contributed by atoms with Crippen LogP contribution in [0.3, 0.4) is 0 Å². The van der Waals surface area contributed by atoms with Crippen molar-refractivity contribution in [1.82, 2.24) is 29.5 Å². The number of aromatic nitrogens is 5. The van der Waals surface area contributed by atoms with E-state index in [1.807, 2.05) is 4.72 Å². The van der Waals surface area contributed by atoms with Gasteiger partial charge in [0.25, 0.3) is 15.9 Å². The number of nitrogens with one attached hydrogen (secondary N) is 2. The minimum Gasteiger partial charge on any atom is -0.497 e. The number of hydrogen-bond donors (Lipinski definition) is 2. The third-order valence-electron chi connectivity index (χ3n) is 6.38. The third-order valence-corrected chi connectivity index (χ3v) is 8.06. The minimum absolute atomic E-state index is 0.0148. The molecule has 4 aromatic rings.